The Morgan fingerprint density at radius 2 is 1.88 bits per heavy atom. The van der Waals surface area contributed by atoms with Crippen LogP contribution >= 0.6 is 0 Å². The Morgan fingerprint density at radius 3 is 2.58 bits per heavy atom. The minimum absolute atomic E-state index is 0.0863. The first-order chi connectivity index (χ1) is 11.5. The van der Waals surface area contributed by atoms with Crippen molar-refractivity contribution >= 4 is 17.1 Å². The number of non-ortho nitro benzene ring substituents is 1. The lowest BCUT2D eigenvalue weighted by atomic mass is 9.90. The van der Waals surface area contributed by atoms with E-state index in [9.17, 15) is 10.1 Å². The number of aryl methyl sites for hydroxylation is 2. The van der Waals surface area contributed by atoms with E-state index in [-0.39, 0.29) is 11.6 Å². The van der Waals surface area contributed by atoms with Crippen molar-refractivity contribution in [3.63, 3.8) is 0 Å². The highest BCUT2D eigenvalue weighted by atomic mass is 16.6. The monoisotopic (exact) mass is 323 g/mol. The van der Waals surface area contributed by atoms with E-state index in [0.717, 1.165) is 40.4 Å². The van der Waals surface area contributed by atoms with Crippen molar-refractivity contribution in [1.82, 2.24) is 0 Å². The third kappa shape index (κ3) is 2.22. The average Bonchev–Trinajstić information content (AvgIpc) is 3.02. The third-order valence-electron chi connectivity index (χ3n) is 4.61. The predicted molar refractivity (Wildman–Crippen MR) is 91.9 cm³/mol. The van der Waals surface area contributed by atoms with Gasteiger partial charge in [0.1, 0.15) is 5.75 Å². The molecule has 0 amide bonds. The van der Waals surface area contributed by atoms with E-state index in [1.165, 1.54) is 12.1 Å². The van der Waals surface area contributed by atoms with Gasteiger partial charge < -0.3 is 4.74 Å². The van der Waals surface area contributed by atoms with Crippen LogP contribution in [0.3, 0.4) is 0 Å². The lowest BCUT2D eigenvalue weighted by Gasteiger charge is -2.25. The van der Waals surface area contributed by atoms with Gasteiger partial charge in [-0.3, -0.25) is 15.1 Å². The first-order valence-electron chi connectivity index (χ1n) is 7.88. The highest BCUT2D eigenvalue weighted by Crippen LogP contribution is 2.37. The molecule has 4 rings (SSSR count). The van der Waals surface area contributed by atoms with Gasteiger partial charge in [0.15, 0.2) is 0 Å². The minimum Gasteiger partial charge on any atom is -0.492 e. The van der Waals surface area contributed by atoms with Gasteiger partial charge in [0.2, 0.25) is 0 Å². The summed E-state index contributed by atoms with van der Waals surface area (Å²) in [5, 5.41) is 17.5. The topological polar surface area (TPSA) is 68.0 Å². The summed E-state index contributed by atoms with van der Waals surface area (Å²) in [5.74, 6) is 1.14. The number of ether oxygens (including phenoxy) is 1. The predicted octanol–water partition coefficient (Wildman–Crippen LogP) is 3.44. The van der Waals surface area contributed by atoms with Crippen molar-refractivity contribution in [2.24, 2.45) is 11.0 Å². The molecular weight excluding hydrogens is 306 g/mol. The molecule has 6 heteroatoms. The summed E-state index contributed by atoms with van der Waals surface area (Å²) in [4.78, 5) is 10.4. The lowest BCUT2D eigenvalue weighted by Crippen LogP contribution is -2.30. The van der Waals surface area contributed by atoms with Gasteiger partial charge >= 0.3 is 0 Å². The molecule has 2 heterocycles. The first-order valence-corrected chi connectivity index (χ1v) is 7.88. The van der Waals surface area contributed by atoms with Crippen LogP contribution in [0.5, 0.6) is 5.75 Å². The molecule has 1 unspecified atom stereocenters. The van der Waals surface area contributed by atoms with E-state index < -0.39 is 4.92 Å². The van der Waals surface area contributed by atoms with Gasteiger partial charge in [-0.2, -0.15) is 5.10 Å². The Morgan fingerprint density at radius 1 is 1.17 bits per heavy atom. The Bertz CT molecular complexity index is 859. The molecule has 0 fully saturated rings. The molecule has 0 saturated heterocycles. The summed E-state index contributed by atoms with van der Waals surface area (Å²) in [5.41, 5.74) is 5.36. The van der Waals surface area contributed by atoms with E-state index >= 15 is 0 Å². The second kappa shape index (κ2) is 5.33. The number of nitro benzene ring substituents is 1. The average molecular weight is 323 g/mol. The molecule has 6 nitrogen and oxygen atoms in total. The van der Waals surface area contributed by atoms with Crippen molar-refractivity contribution in [2.75, 3.05) is 18.2 Å². The molecule has 0 N–H and O–H groups in total. The maximum Gasteiger partial charge on any atom is 0.269 e. The number of fused-ring (bicyclic) bond motifs is 3. The third-order valence-corrected chi connectivity index (χ3v) is 4.61. The number of hydrogen-bond acceptors (Lipinski definition) is 5. The van der Waals surface area contributed by atoms with Crippen molar-refractivity contribution < 1.29 is 9.66 Å². The van der Waals surface area contributed by atoms with E-state index in [2.05, 4.69) is 19.1 Å². The van der Waals surface area contributed by atoms with E-state index in [1.54, 1.807) is 12.1 Å². The van der Waals surface area contributed by atoms with Crippen LogP contribution in [0.4, 0.5) is 11.4 Å². The van der Waals surface area contributed by atoms with Crippen LogP contribution in [-0.4, -0.2) is 23.8 Å². The second-order valence-corrected chi connectivity index (χ2v) is 6.25. The number of nitrogens with zero attached hydrogens (tertiary/aromatic N) is 3. The highest BCUT2D eigenvalue weighted by molar-refractivity contribution is 6.08. The van der Waals surface area contributed by atoms with Gasteiger partial charge in [-0.05, 0) is 37.1 Å². The van der Waals surface area contributed by atoms with Gasteiger partial charge in [-0.15, -0.1) is 0 Å². The van der Waals surface area contributed by atoms with Gasteiger partial charge in [-0.25, -0.2) is 0 Å². The lowest BCUT2D eigenvalue weighted by molar-refractivity contribution is -0.384. The van der Waals surface area contributed by atoms with Crippen LogP contribution in [0.15, 0.2) is 41.5 Å². The molecule has 0 bridgehead atoms. The van der Waals surface area contributed by atoms with Gasteiger partial charge in [-0.1, -0.05) is 12.1 Å². The molecule has 0 saturated carbocycles. The molecular formula is C18H17N3O3. The maximum absolute atomic E-state index is 10.8. The molecule has 122 valence electrons. The van der Waals surface area contributed by atoms with Crippen molar-refractivity contribution in [3.05, 3.63) is 63.2 Å². The largest absolute Gasteiger partial charge is 0.492 e. The van der Waals surface area contributed by atoms with Crippen molar-refractivity contribution in [3.8, 4) is 5.75 Å². The fourth-order valence-corrected chi connectivity index (χ4v) is 3.32. The molecule has 2 aliphatic rings. The number of hydrogen-bond donors (Lipinski definition) is 0. The zero-order valence-corrected chi connectivity index (χ0v) is 13.5. The summed E-state index contributed by atoms with van der Waals surface area (Å²) < 4.78 is 5.99. The first kappa shape index (κ1) is 14.7. The number of benzene rings is 2. The zero-order chi connectivity index (χ0) is 16.8. The van der Waals surface area contributed by atoms with E-state index in [0.29, 0.717) is 6.61 Å². The highest BCUT2D eigenvalue weighted by Gasteiger charge is 2.35. The molecule has 0 aromatic heterocycles. The normalized spacial score (nSPS) is 18.5. The van der Waals surface area contributed by atoms with Crippen LogP contribution in [0.25, 0.3) is 0 Å². The van der Waals surface area contributed by atoms with E-state index in [1.807, 2.05) is 11.9 Å². The van der Waals surface area contributed by atoms with Crippen LogP contribution in [-0.2, 0) is 0 Å². The van der Waals surface area contributed by atoms with Gasteiger partial charge in [0, 0.05) is 17.7 Å². The van der Waals surface area contributed by atoms with Crippen molar-refractivity contribution in [2.45, 2.75) is 13.8 Å². The molecule has 2 aromatic rings. The Kier molecular flexibility index (Phi) is 3.26. The van der Waals surface area contributed by atoms with Crippen LogP contribution in [0, 0.1) is 29.9 Å². The number of nitro groups is 1. The van der Waals surface area contributed by atoms with Crippen molar-refractivity contribution in [1.29, 1.82) is 0 Å². The molecule has 0 radical (unpaired) electrons. The molecule has 2 aromatic carbocycles. The molecule has 0 aliphatic carbocycles. The van der Waals surface area contributed by atoms with Gasteiger partial charge in [0.05, 0.1) is 35.4 Å². The smallest absolute Gasteiger partial charge is 0.269 e. The van der Waals surface area contributed by atoms with Crippen LogP contribution < -0.4 is 9.75 Å². The summed E-state index contributed by atoms with van der Waals surface area (Å²) in [6, 6.07) is 10.7. The minimum atomic E-state index is -0.393. The fraction of sp³-hybridized carbons (Fsp3) is 0.278. The summed E-state index contributed by atoms with van der Waals surface area (Å²) in [7, 11) is 0. The Labute approximate surface area is 139 Å². The number of hydrazone groups is 1. The molecule has 2 aliphatic heterocycles. The molecule has 24 heavy (non-hydrogen) atoms. The van der Waals surface area contributed by atoms with Gasteiger partial charge in [0.25, 0.3) is 5.69 Å². The molecule has 0 spiro atoms. The summed E-state index contributed by atoms with van der Waals surface area (Å²) in [6.45, 7) is 5.45. The standard InChI is InChI=1S/C18H17N3O3/c1-11-3-4-12(2)18-16(11)17-13(10-24-18)9-20(19-17)14-5-7-15(8-6-14)21(22)23/h3-8,13H,9-10H2,1-2H3. The second-order valence-electron chi connectivity index (χ2n) is 6.25. The van der Waals surface area contributed by atoms with Crippen LogP contribution in [0.1, 0.15) is 16.7 Å². The summed E-state index contributed by atoms with van der Waals surface area (Å²) >= 11 is 0. The zero-order valence-electron chi connectivity index (χ0n) is 13.5. The van der Waals surface area contributed by atoms with E-state index in [4.69, 9.17) is 9.84 Å². The Balaban J connectivity index is 1.72. The SMILES string of the molecule is Cc1ccc(C)c2c1OCC1CN(c3ccc([N+](=O)[O-])cc3)N=C21. The quantitative estimate of drug-likeness (QED) is 0.627. The number of anilines is 1. The fourth-order valence-electron chi connectivity index (χ4n) is 3.32. The molecule has 1 atom stereocenters. The maximum atomic E-state index is 10.8. The Hall–Kier alpha value is -2.89. The summed E-state index contributed by atoms with van der Waals surface area (Å²) in [6.07, 6.45) is 0. The van der Waals surface area contributed by atoms with Crippen LogP contribution in [0.2, 0.25) is 0 Å². The number of rotatable bonds is 2.